The Balaban J connectivity index is 2.00. The Morgan fingerprint density at radius 3 is 1.77 bits per heavy atom. The molecule has 0 aliphatic rings. The maximum absolute atomic E-state index is 11.9. The van der Waals surface area contributed by atoms with Crippen molar-refractivity contribution < 1.29 is 14.4 Å². The minimum absolute atomic E-state index is 0.175. The Bertz CT molecular complexity index is 747. The minimum atomic E-state index is -0.467. The summed E-state index contributed by atoms with van der Waals surface area (Å²) in [5.41, 5.74) is 4.77. The maximum atomic E-state index is 11.9. The van der Waals surface area contributed by atoms with E-state index in [1.165, 1.54) is 6.92 Å². The highest BCUT2D eigenvalue weighted by atomic mass is 16.2. The maximum Gasteiger partial charge on any atom is 0.259 e. The molecule has 2 rings (SSSR count). The molecule has 0 spiro atoms. The van der Waals surface area contributed by atoms with E-state index in [-0.39, 0.29) is 19.0 Å². The number of hydrazone groups is 1. The van der Waals surface area contributed by atoms with Crippen molar-refractivity contribution in [2.45, 2.75) is 6.92 Å². The number of hydrogen-bond donors (Lipinski definition) is 3. The molecule has 0 saturated carbocycles. The third kappa shape index (κ3) is 6.20. The highest BCUT2D eigenvalue weighted by Crippen LogP contribution is 2.10. The third-order valence-corrected chi connectivity index (χ3v) is 3.33. The molecular weight excluding hydrogens is 332 g/mol. The molecule has 0 aliphatic heterocycles. The van der Waals surface area contributed by atoms with E-state index in [9.17, 15) is 14.4 Å². The first-order valence-corrected chi connectivity index (χ1v) is 8.05. The average Bonchev–Trinajstić information content (AvgIpc) is 2.66. The summed E-state index contributed by atoms with van der Waals surface area (Å²) in [6.07, 6.45) is 0. The number of benzene rings is 2. The van der Waals surface area contributed by atoms with Gasteiger partial charge in [0.25, 0.3) is 5.91 Å². The highest BCUT2D eigenvalue weighted by molar-refractivity contribution is 6.13. The fraction of sp³-hybridized carbons (Fsp3) is 0.158. The van der Waals surface area contributed by atoms with E-state index in [0.717, 1.165) is 11.1 Å². The van der Waals surface area contributed by atoms with Crippen molar-refractivity contribution in [2.75, 3.05) is 13.1 Å². The molecule has 3 N–H and O–H groups in total. The molecule has 2 aromatic carbocycles. The van der Waals surface area contributed by atoms with E-state index in [1.807, 2.05) is 60.7 Å². The van der Waals surface area contributed by atoms with Crippen LogP contribution in [0, 0.1) is 0 Å². The van der Waals surface area contributed by atoms with Crippen LogP contribution in [0.2, 0.25) is 0 Å². The molecule has 0 bridgehead atoms. The van der Waals surface area contributed by atoms with Crippen molar-refractivity contribution in [3.8, 4) is 0 Å². The number of carbonyl (C=O) groups is 3. The van der Waals surface area contributed by atoms with Crippen LogP contribution in [0.25, 0.3) is 0 Å². The van der Waals surface area contributed by atoms with Crippen LogP contribution < -0.4 is 16.1 Å². The highest BCUT2D eigenvalue weighted by Gasteiger charge is 2.09. The molecule has 7 heteroatoms. The molecule has 0 aliphatic carbocycles. The van der Waals surface area contributed by atoms with Crippen molar-refractivity contribution >= 4 is 23.4 Å². The number of hydrogen-bond acceptors (Lipinski definition) is 4. The molecule has 7 nitrogen and oxygen atoms in total. The molecule has 26 heavy (non-hydrogen) atoms. The van der Waals surface area contributed by atoms with E-state index in [1.54, 1.807) is 0 Å². The van der Waals surface area contributed by atoms with Crippen LogP contribution in [0.5, 0.6) is 0 Å². The van der Waals surface area contributed by atoms with Gasteiger partial charge in [-0.2, -0.15) is 5.10 Å². The molecule has 0 unspecified atom stereocenters. The van der Waals surface area contributed by atoms with Crippen LogP contribution in [0.3, 0.4) is 0 Å². The second-order valence-corrected chi connectivity index (χ2v) is 5.41. The molecule has 0 aromatic heterocycles. The fourth-order valence-corrected chi connectivity index (χ4v) is 2.09. The van der Waals surface area contributed by atoms with Gasteiger partial charge in [0.2, 0.25) is 11.8 Å². The van der Waals surface area contributed by atoms with Crippen LogP contribution in [-0.2, 0) is 14.4 Å². The second-order valence-electron chi connectivity index (χ2n) is 5.41. The van der Waals surface area contributed by atoms with Gasteiger partial charge in [-0.25, -0.2) is 5.43 Å². The molecule has 0 atom stereocenters. The van der Waals surface area contributed by atoms with Gasteiger partial charge < -0.3 is 10.6 Å². The van der Waals surface area contributed by atoms with Crippen LogP contribution in [0.15, 0.2) is 65.8 Å². The first-order chi connectivity index (χ1) is 12.6. The second kappa shape index (κ2) is 9.73. The Labute approximate surface area is 151 Å². The number of nitrogens with one attached hydrogen (secondary N) is 3. The molecule has 0 fully saturated rings. The van der Waals surface area contributed by atoms with Gasteiger partial charge in [0.05, 0.1) is 18.8 Å². The van der Waals surface area contributed by atoms with Crippen molar-refractivity contribution in [1.29, 1.82) is 0 Å². The molecule has 2 aromatic rings. The zero-order chi connectivity index (χ0) is 18.8. The Kier molecular flexibility index (Phi) is 7.05. The molecule has 134 valence electrons. The summed E-state index contributed by atoms with van der Waals surface area (Å²) < 4.78 is 0. The molecule has 0 radical (unpaired) electrons. The summed E-state index contributed by atoms with van der Waals surface area (Å²) in [4.78, 5) is 34.2. The summed E-state index contributed by atoms with van der Waals surface area (Å²) in [5, 5.41) is 8.97. The number of rotatable bonds is 7. The summed E-state index contributed by atoms with van der Waals surface area (Å²) in [7, 11) is 0. The van der Waals surface area contributed by atoms with E-state index in [2.05, 4.69) is 21.2 Å². The topological polar surface area (TPSA) is 99.7 Å². The van der Waals surface area contributed by atoms with Crippen LogP contribution >= 0.6 is 0 Å². The average molecular weight is 352 g/mol. The van der Waals surface area contributed by atoms with E-state index >= 15 is 0 Å². The fourth-order valence-electron chi connectivity index (χ4n) is 2.09. The van der Waals surface area contributed by atoms with Gasteiger partial charge in [0, 0.05) is 18.1 Å². The number of carbonyl (C=O) groups excluding carboxylic acids is 3. The van der Waals surface area contributed by atoms with Gasteiger partial charge in [-0.15, -0.1) is 0 Å². The molecule has 0 saturated heterocycles. The first kappa shape index (κ1) is 18.9. The predicted octanol–water partition coefficient (Wildman–Crippen LogP) is 0.808. The molecule has 0 heterocycles. The van der Waals surface area contributed by atoms with Crippen LogP contribution in [0.1, 0.15) is 18.1 Å². The Morgan fingerprint density at radius 1 is 0.769 bits per heavy atom. The molecule has 3 amide bonds. The van der Waals surface area contributed by atoms with E-state index in [0.29, 0.717) is 5.71 Å². The molecular formula is C19H20N4O3. The first-order valence-electron chi connectivity index (χ1n) is 8.05. The van der Waals surface area contributed by atoms with Crippen molar-refractivity contribution in [3.63, 3.8) is 0 Å². The van der Waals surface area contributed by atoms with Crippen molar-refractivity contribution in [1.82, 2.24) is 16.1 Å². The summed E-state index contributed by atoms with van der Waals surface area (Å²) in [6.45, 7) is 0.896. The lowest BCUT2D eigenvalue weighted by Crippen LogP contribution is -2.40. The zero-order valence-electron chi connectivity index (χ0n) is 14.4. The van der Waals surface area contributed by atoms with Crippen LogP contribution in [0.4, 0.5) is 0 Å². The number of nitrogens with zero attached hydrogens (tertiary/aromatic N) is 1. The third-order valence-electron chi connectivity index (χ3n) is 3.33. The van der Waals surface area contributed by atoms with Crippen LogP contribution in [-0.4, -0.2) is 36.5 Å². The summed E-state index contributed by atoms with van der Waals surface area (Å²) >= 11 is 0. The quantitative estimate of drug-likeness (QED) is 0.508. The number of amides is 3. The SMILES string of the molecule is CC(=O)NCC(=O)NCC(=O)NN=C(c1ccccc1)c1ccccc1. The largest absolute Gasteiger partial charge is 0.347 e. The normalized spacial score (nSPS) is 9.73. The zero-order valence-corrected chi connectivity index (χ0v) is 14.4. The van der Waals surface area contributed by atoms with Gasteiger partial charge in [0.15, 0.2) is 0 Å². The lowest BCUT2D eigenvalue weighted by Gasteiger charge is -2.08. The smallest absolute Gasteiger partial charge is 0.259 e. The lowest BCUT2D eigenvalue weighted by atomic mass is 10.0. The van der Waals surface area contributed by atoms with Gasteiger partial charge in [-0.05, 0) is 0 Å². The Hall–Kier alpha value is -3.48. The standard InChI is InChI=1S/C19H20N4O3/c1-14(24)20-12-17(25)21-13-18(26)22-23-19(15-8-4-2-5-9-15)16-10-6-3-7-11-16/h2-11H,12-13H2,1H3,(H,20,24)(H,21,25)(H,22,26). The monoisotopic (exact) mass is 352 g/mol. The summed E-state index contributed by atoms with van der Waals surface area (Å²) in [5.74, 6) is -1.24. The predicted molar refractivity (Wildman–Crippen MR) is 98.4 cm³/mol. The van der Waals surface area contributed by atoms with Gasteiger partial charge in [0.1, 0.15) is 0 Å². The van der Waals surface area contributed by atoms with Crippen molar-refractivity contribution in [3.05, 3.63) is 71.8 Å². The lowest BCUT2D eigenvalue weighted by molar-refractivity contribution is -0.127. The van der Waals surface area contributed by atoms with E-state index in [4.69, 9.17) is 0 Å². The van der Waals surface area contributed by atoms with E-state index < -0.39 is 11.8 Å². The Morgan fingerprint density at radius 2 is 1.27 bits per heavy atom. The van der Waals surface area contributed by atoms with Gasteiger partial charge >= 0.3 is 0 Å². The van der Waals surface area contributed by atoms with Gasteiger partial charge in [-0.3, -0.25) is 14.4 Å². The van der Waals surface area contributed by atoms with Gasteiger partial charge in [-0.1, -0.05) is 60.7 Å². The van der Waals surface area contributed by atoms with Crippen molar-refractivity contribution in [2.24, 2.45) is 5.10 Å². The minimum Gasteiger partial charge on any atom is -0.347 e. The summed E-state index contributed by atoms with van der Waals surface area (Å²) in [6, 6.07) is 18.9.